The van der Waals surface area contributed by atoms with E-state index in [4.69, 9.17) is 0 Å². The molecule has 2 atom stereocenters. The van der Waals surface area contributed by atoms with E-state index in [-0.39, 0.29) is 6.04 Å². The maximum absolute atomic E-state index is 12.4. The van der Waals surface area contributed by atoms with Crippen molar-refractivity contribution in [3.05, 3.63) is 64.6 Å². The van der Waals surface area contributed by atoms with Crippen LogP contribution in [0.25, 0.3) is 0 Å². The Kier molecular flexibility index (Phi) is 5.31. The smallest absolute Gasteiger partial charge is 0.0548 e. The summed E-state index contributed by atoms with van der Waals surface area (Å²) < 4.78 is 13.4. The van der Waals surface area contributed by atoms with Gasteiger partial charge in [-0.2, -0.15) is 0 Å². The van der Waals surface area contributed by atoms with E-state index in [2.05, 4.69) is 33.4 Å². The number of benzene rings is 2. The van der Waals surface area contributed by atoms with E-state index in [1.807, 2.05) is 49.5 Å². The van der Waals surface area contributed by atoms with Crippen LogP contribution in [0.1, 0.15) is 11.6 Å². The summed E-state index contributed by atoms with van der Waals surface area (Å²) in [6.07, 6.45) is 0. The Morgan fingerprint density at radius 2 is 1.74 bits per heavy atom. The van der Waals surface area contributed by atoms with Crippen LogP contribution in [0.2, 0.25) is 0 Å². The molecule has 100 valence electrons. The maximum Gasteiger partial charge on any atom is 0.0548 e. The van der Waals surface area contributed by atoms with E-state index in [0.29, 0.717) is 5.75 Å². The topological polar surface area (TPSA) is 29.1 Å². The third-order valence-corrected chi connectivity index (χ3v) is 4.91. The van der Waals surface area contributed by atoms with Gasteiger partial charge in [-0.1, -0.05) is 46.3 Å². The quantitative estimate of drug-likeness (QED) is 0.904. The Morgan fingerprint density at radius 3 is 2.32 bits per heavy atom. The Balaban J connectivity index is 2.10. The molecule has 2 unspecified atom stereocenters. The van der Waals surface area contributed by atoms with Gasteiger partial charge >= 0.3 is 0 Å². The predicted molar refractivity (Wildman–Crippen MR) is 83.7 cm³/mol. The summed E-state index contributed by atoms with van der Waals surface area (Å²) in [6, 6.07) is 17.8. The molecule has 2 aromatic rings. The van der Waals surface area contributed by atoms with E-state index in [9.17, 15) is 4.21 Å². The molecule has 4 heteroatoms. The molecule has 2 rings (SSSR count). The van der Waals surface area contributed by atoms with Gasteiger partial charge in [-0.05, 0) is 36.9 Å². The zero-order valence-corrected chi connectivity index (χ0v) is 13.1. The first-order valence-electron chi connectivity index (χ1n) is 6.07. The largest absolute Gasteiger partial charge is 0.312 e. The highest BCUT2D eigenvalue weighted by Crippen LogP contribution is 2.18. The molecule has 1 N–H and O–H groups in total. The monoisotopic (exact) mass is 337 g/mol. The molecule has 2 aromatic carbocycles. The van der Waals surface area contributed by atoms with Gasteiger partial charge in [-0.25, -0.2) is 0 Å². The zero-order valence-electron chi connectivity index (χ0n) is 10.7. The number of hydrogen-bond donors (Lipinski definition) is 1. The minimum absolute atomic E-state index is 0.102. The molecule has 0 bridgehead atoms. The summed E-state index contributed by atoms with van der Waals surface area (Å²) in [7, 11) is 0.894. The SMILES string of the molecule is CNC(CS(=O)c1ccc(Br)cc1)c1ccccc1. The van der Waals surface area contributed by atoms with Crippen LogP contribution >= 0.6 is 15.9 Å². The minimum Gasteiger partial charge on any atom is -0.312 e. The Hall–Kier alpha value is -0.970. The first-order chi connectivity index (χ1) is 9.20. The molecule has 0 aromatic heterocycles. The summed E-state index contributed by atoms with van der Waals surface area (Å²) in [5.74, 6) is 0.572. The maximum atomic E-state index is 12.4. The third-order valence-electron chi connectivity index (χ3n) is 2.94. The third kappa shape index (κ3) is 4.00. The van der Waals surface area contributed by atoms with Crippen molar-refractivity contribution in [1.82, 2.24) is 5.32 Å². The van der Waals surface area contributed by atoms with Gasteiger partial charge in [0.2, 0.25) is 0 Å². The van der Waals surface area contributed by atoms with E-state index in [0.717, 1.165) is 14.9 Å². The predicted octanol–water partition coefficient (Wildman–Crippen LogP) is 3.52. The molecule has 0 aliphatic rings. The summed E-state index contributed by atoms with van der Waals surface area (Å²) in [6.45, 7) is 0. The van der Waals surface area contributed by atoms with Crippen molar-refractivity contribution in [1.29, 1.82) is 0 Å². The summed E-state index contributed by atoms with van der Waals surface area (Å²) in [5, 5.41) is 3.23. The molecule has 0 aliphatic carbocycles. The fraction of sp³-hybridized carbons (Fsp3) is 0.200. The van der Waals surface area contributed by atoms with Crippen LogP contribution in [-0.4, -0.2) is 17.0 Å². The Morgan fingerprint density at radius 1 is 1.11 bits per heavy atom. The molecule has 0 saturated carbocycles. The Bertz CT molecular complexity index is 542. The fourth-order valence-corrected chi connectivity index (χ4v) is 3.42. The van der Waals surface area contributed by atoms with E-state index in [1.54, 1.807) is 0 Å². The van der Waals surface area contributed by atoms with Crippen LogP contribution in [0.5, 0.6) is 0 Å². The van der Waals surface area contributed by atoms with Crippen molar-refractivity contribution in [2.75, 3.05) is 12.8 Å². The molecule has 0 amide bonds. The summed E-state index contributed by atoms with van der Waals surface area (Å²) in [4.78, 5) is 0.861. The molecule has 0 spiro atoms. The van der Waals surface area contributed by atoms with Gasteiger partial charge in [0.05, 0.1) is 10.8 Å². The average Bonchev–Trinajstić information content (AvgIpc) is 2.46. The Labute approximate surface area is 124 Å². The van der Waals surface area contributed by atoms with Crippen molar-refractivity contribution in [3.63, 3.8) is 0 Å². The number of nitrogens with one attached hydrogen (secondary N) is 1. The van der Waals surface area contributed by atoms with Gasteiger partial charge in [0.15, 0.2) is 0 Å². The molecule has 0 heterocycles. The molecule has 0 aliphatic heterocycles. The van der Waals surface area contributed by atoms with Gasteiger partial charge in [-0.15, -0.1) is 0 Å². The second-order valence-corrected chi connectivity index (χ2v) is 6.63. The molecule has 0 radical (unpaired) electrons. The van der Waals surface area contributed by atoms with Gasteiger partial charge in [0.1, 0.15) is 0 Å². The lowest BCUT2D eigenvalue weighted by atomic mass is 10.1. The highest BCUT2D eigenvalue weighted by atomic mass is 79.9. The van der Waals surface area contributed by atoms with Gasteiger partial charge in [-0.3, -0.25) is 4.21 Å². The lowest BCUT2D eigenvalue weighted by Gasteiger charge is -2.16. The lowest BCUT2D eigenvalue weighted by molar-refractivity contribution is 0.635. The van der Waals surface area contributed by atoms with Crippen LogP contribution in [0, 0.1) is 0 Å². The van der Waals surface area contributed by atoms with Crippen molar-refractivity contribution >= 4 is 26.7 Å². The molecular weight excluding hydrogens is 322 g/mol. The van der Waals surface area contributed by atoms with Crippen molar-refractivity contribution in [2.24, 2.45) is 0 Å². The molecule has 0 fully saturated rings. The second kappa shape index (κ2) is 6.98. The minimum atomic E-state index is -1.01. The van der Waals surface area contributed by atoms with Crippen molar-refractivity contribution in [3.8, 4) is 0 Å². The zero-order chi connectivity index (χ0) is 13.7. The van der Waals surface area contributed by atoms with Gasteiger partial charge in [0.25, 0.3) is 0 Å². The molecule has 0 saturated heterocycles. The summed E-state index contributed by atoms with van der Waals surface area (Å²) in [5.41, 5.74) is 1.16. The van der Waals surface area contributed by atoms with E-state index >= 15 is 0 Å². The van der Waals surface area contributed by atoms with Crippen LogP contribution in [0.3, 0.4) is 0 Å². The second-order valence-electron chi connectivity index (χ2n) is 4.22. The van der Waals surface area contributed by atoms with Crippen LogP contribution in [-0.2, 0) is 10.8 Å². The molecule has 2 nitrogen and oxygen atoms in total. The number of hydrogen-bond acceptors (Lipinski definition) is 2. The standard InChI is InChI=1S/C15H16BrNOS/c1-17-15(12-5-3-2-4-6-12)11-19(18)14-9-7-13(16)8-10-14/h2-10,15,17H,11H2,1H3. The van der Waals surface area contributed by atoms with Gasteiger partial charge in [0, 0.05) is 21.2 Å². The highest BCUT2D eigenvalue weighted by Gasteiger charge is 2.14. The molecular formula is C15H16BrNOS. The number of halogens is 1. The highest BCUT2D eigenvalue weighted by molar-refractivity contribution is 9.10. The summed E-state index contributed by atoms with van der Waals surface area (Å²) >= 11 is 3.38. The van der Waals surface area contributed by atoms with Gasteiger partial charge < -0.3 is 5.32 Å². The number of rotatable bonds is 5. The van der Waals surface area contributed by atoms with Crippen molar-refractivity contribution < 1.29 is 4.21 Å². The van der Waals surface area contributed by atoms with Crippen molar-refractivity contribution in [2.45, 2.75) is 10.9 Å². The van der Waals surface area contributed by atoms with Crippen LogP contribution in [0.15, 0.2) is 64.0 Å². The first-order valence-corrected chi connectivity index (χ1v) is 8.18. The molecule has 19 heavy (non-hydrogen) atoms. The average molecular weight is 338 g/mol. The fourth-order valence-electron chi connectivity index (χ4n) is 1.87. The van der Waals surface area contributed by atoms with E-state index in [1.165, 1.54) is 0 Å². The van der Waals surface area contributed by atoms with Crippen LogP contribution in [0.4, 0.5) is 0 Å². The first kappa shape index (κ1) is 14.4. The lowest BCUT2D eigenvalue weighted by Crippen LogP contribution is -2.22. The van der Waals surface area contributed by atoms with Crippen LogP contribution < -0.4 is 5.32 Å². The normalized spacial score (nSPS) is 14.0. The van der Waals surface area contributed by atoms with E-state index < -0.39 is 10.8 Å².